The van der Waals surface area contributed by atoms with Crippen molar-refractivity contribution in [3.8, 4) is 17.2 Å². The number of benzene rings is 3. The molecule has 0 aliphatic heterocycles. The van der Waals surface area contributed by atoms with Crippen LogP contribution in [-0.2, 0) is 0 Å². The molecule has 0 spiro atoms. The van der Waals surface area contributed by atoms with Crippen molar-refractivity contribution in [1.82, 2.24) is 10.9 Å². The molecule has 0 aromatic heterocycles. The van der Waals surface area contributed by atoms with Crippen molar-refractivity contribution >= 4 is 23.4 Å². The summed E-state index contributed by atoms with van der Waals surface area (Å²) in [4.78, 5) is 37.8. The van der Waals surface area contributed by atoms with E-state index in [2.05, 4.69) is 16.2 Å². The molecule has 3 aromatic carbocycles. The number of nitrogens with one attached hydrogen (secondary N) is 3. The maximum Gasteiger partial charge on any atom is 0.271 e. The summed E-state index contributed by atoms with van der Waals surface area (Å²) in [6, 6.07) is 17.8. The van der Waals surface area contributed by atoms with Gasteiger partial charge >= 0.3 is 0 Å². The first-order chi connectivity index (χ1) is 16.0. The molecule has 0 saturated heterocycles. The molecule has 9 heteroatoms. The second-order valence-corrected chi connectivity index (χ2v) is 6.69. The summed E-state index contributed by atoms with van der Waals surface area (Å²) in [7, 11) is 4.36. The molecule has 0 saturated carbocycles. The van der Waals surface area contributed by atoms with Crippen LogP contribution in [0.15, 0.2) is 66.7 Å². The molecule has 3 N–H and O–H groups in total. The molecule has 33 heavy (non-hydrogen) atoms. The molecule has 0 fully saturated rings. The second kappa shape index (κ2) is 10.7. The van der Waals surface area contributed by atoms with E-state index in [1.807, 2.05) is 0 Å². The van der Waals surface area contributed by atoms with Crippen LogP contribution in [0.4, 0.5) is 5.69 Å². The highest BCUT2D eigenvalue weighted by molar-refractivity contribution is 6.09. The fourth-order valence-corrected chi connectivity index (χ4v) is 3.04. The summed E-state index contributed by atoms with van der Waals surface area (Å²) in [6.45, 7) is 0. The van der Waals surface area contributed by atoms with Crippen LogP contribution in [0.25, 0.3) is 0 Å². The van der Waals surface area contributed by atoms with E-state index in [1.54, 1.807) is 48.5 Å². The van der Waals surface area contributed by atoms with Crippen LogP contribution in [-0.4, -0.2) is 39.1 Å². The smallest absolute Gasteiger partial charge is 0.271 e. The topological polar surface area (TPSA) is 115 Å². The number of rotatable bonds is 7. The van der Waals surface area contributed by atoms with Crippen molar-refractivity contribution in [2.75, 3.05) is 26.6 Å². The lowest BCUT2D eigenvalue weighted by Gasteiger charge is -2.15. The van der Waals surface area contributed by atoms with Crippen LogP contribution in [0.5, 0.6) is 17.2 Å². The number of methoxy groups -OCH3 is 3. The van der Waals surface area contributed by atoms with E-state index >= 15 is 0 Å². The van der Waals surface area contributed by atoms with E-state index in [0.717, 1.165) is 0 Å². The second-order valence-electron chi connectivity index (χ2n) is 6.69. The third-order valence-electron chi connectivity index (χ3n) is 4.67. The molecular formula is C24H23N3O6. The Hall–Kier alpha value is -4.53. The molecule has 0 radical (unpaired) electrons. The molecule has 0 aliphatic carbocycles. The van der Waals surface area contributed by atoms with Gasteiger partial charge in [-0.1, -0.05) is 30.3 Å². The van der Waals surface area contributed by atoms with Crippen LogP contribution in [0.2, 0.25) is 0 Å². The average molecular weight is 449 g/mol. The summed E-state index contributed by atoms with van der Waals surface area (Å²) in [5.74, 6) is -0.579. The molecular weight excluding hydrogens is 426 g/mol. The summed E-state index contributed by atoms with van der Waals surface area (Å²) in [5.41, 5.74) is 5.75. The fourth-order valence-electron chi connectivity index (χ4n) is 3.04. The molecule has 0 atom stereocenters. The van der Waals surface area contributed by atoms with Crippen LogP contribution < -0.4 is 30.4 Å². The van der Waals surface area contributed by atoms with Gasteiger partial charge in [0.15, 0.2) is 11.5 Å². The minimum atomic E-state index is -0.597. The first-order valence-electron chi connectivity index (χ1n) is 9.84. The molecule has 0 heterocycles. The zero-order chi connectivity index (χ0) is 23.8. The Bertz CT molecular complexity index is 1140. The Morgan fingerprint density at radius 3 is 1.82 bits per heavy atom. The van der Waals surface area contributed by atoms with Gasteiger partial charge in [0.1, 0.15) is 0 Å². The van der Waals surface area contributed by atoms with E-state index in [0.29, 0.717) is 22.8 Å². The zero-order valence-corrected chi connectivity index (χ0v) is 18.3. The quantitative estimate of drug-likeness (QED) is 0.478. The Morgan fingerprint density at radius 1 is 0.636 bits per heavy atom. The number of amides is 3. The molecule has 3 aromatic rings. The number of hydrogen-bond donors (Lipinski definition) is 3. The Kier molecular flexibility index (Phi) is 7.48. The molecule has 0 aliphatic rings. The minimum Gasteiger partial charge on any atom is -0.493 e. The number of hydrogen-bond acceptors (Lipinski definition) is 6. The minimum absolute atomic E-state index is 0.159. The third-order valence-corrected chi connectivity index (χ3v) is 4.67. The lowest BCUT2D eigenvalue weighted by atomic mass is 10.1. The lowest BCUT2D eigenvalue weighted by Crippen LogP contribution is -2.41. The van der Waals surface area contributed by atoms with Gasteiger partial charge < -0.3 is 19.5 Å². The van der Waals surface area contributed by atoms with Gasteiger partial charge in [-0.3, -0.25) is 25.2 Å². The van der Waals surface area contributed by atoms with Crippen LogP contribution >= 0.6 is 0 Å². The first-order valence-corrected chi connectivity index (χ1v) is 9.84. The van der Waals surface area contributed by atoms with Gasteiger partial charge in [0.25, 0.3) is 17.7 Å². The number of hydrazine groups is 1. The summed E-state index contributed by atoms with van der Waals surface area (Å²) < 4.78 is 15.8. The number of carbonyl (C=O) groups excluding carboxylic acids is 3. The maximum absolute atomic E-state index is 12.9. The summed E-state index contributed by atoms with van der Waals surface area (Å²) in [5, 5.41) is 2.70. The van der Waals surface area contributed by atoms with Gasteiger partial charge in [-0.15, -0.1) is 0 Å². The summed E-state index contributed by atoms with van der Waals surface area (Å²) >= 11 is 0. The molecule has 0 bridgehead atoms. The van der Waals surface area contributed by atoms with Gasteiger partial charge in [0, 0.05) is 11.1 Å². The molecule has 3 amide bonds. The lowest BCUT2D eigenvalue weighted by molar-refractivity contribution is 0.0847. The Labute approximate surface area is 190 Å². The van der Waals surface area contributed by atoms with Crippen molar-refractivity contribution in [1.29, 1.82) is 0 Å². The number of ether oxygens (including phenoxy) is 3. The van der Waals surface area contributed by atoms with E-state index in [9.17, 15) is 14.4 Å². The molecule has 0 unspecified atom stereocenters. The third kappa shape index (κ3) is 5.40. The fraction of sp³-hybridized carbons (Fsp3) is 0.125. The number of anilines is 1. The van der Waals surface area contributed by atoms with Gasteiger partial charge in [-0.05, 0) is 36.4 Å². The maximum atomic E-state index is 12.9. The van der Waals surface area contributed by atoms with E-state index < -0.39 is 17.7 Å². The van der Waals surface area contributed by atoms with Crippen molar-refractivity contribution in [3.63, 3.8) is 0 Å². The molecule has 170 valence electrons. The molecule has 9 nitrogen and oxygen atoms in total. The standard InChI is InChI=1S/C24H23N3O6/c1-31-19-13-16(14-20(32-2)21(19)33-3)22(28)25-18-12-8-7-11-17(18)24(30)27-26-23(29)15-9-5-4-6-10-15/h4-14H,1-3H3,(H,25,28)(H,26,29)(H,27,30). The highest BCUT2D eigenvalue weighted by atomic mass is 16.5. The van der Waals surface area contributed by atoms with Crippen molar-refractivity contribution in [2.45, 2.75) is 0 Å². The molecule has 3 rings (SSSR count). The van der Waals surface area contributed by atoms with Crippen molar-refractivity contribution in [3.05, 3.63) is 83.4 Å². The largest absolute Gasteiger partial charge is 0.493 e. The van der Waals surface area contributed by atoms with Crippen LogP contribution in [0.1, 0.15) is 31.1 Å². The van der Waals surface area contributed by atoms with Gasteiger partial charge in [0.2, 0.25) is 5.75 Å². The van der Waals surface area contributed by atoms with E-state index in [1.165, 1.54) is 39.5 Å². The predicted molar refractivity (Wildman–Crippen MR) is 122 cm³/mol. The van der Waals surface area contributed by atoms with Crippen LogP contribution in [0, 0.1) is 0 Å². The van der Waals surface area contributed by atoms with Gasteiger partial charge in [-0.2, -0.15) is 0 Å². The number of carbonyl (C=O) groups is 3. The normalized spacial score (nSPS) is 10.0. The zero-order valence-electron chi connectivity index (χ0n) is 18.3. The van der Waals surface area contributed by atoms with Gasteiger partial charge in [0.05, 0.1) is 32.6 Å². The Balaban J connectivity index is 1.77. The first kappa shape index (κ1) is 23.1. The van der Waals surface area contributed by atoms with E-state index in [4.69, 9.17) is 14.2 Å². The van der Waals surface area contributed by atoms with Crippen LogP contribution in [0.3, 0.4) is 0 Å². The van der Waals surface area contributed by atoms with Crippen molar-refractivity contribution in [2.24, 2.45) is 0 Å². The van der Waals surface area contributed by atoms with E-state index in [-0.39, 0.29) is 16.8 Å². The average Bonchev–Trinajstić information content (AvgIpc) is 2.86. The summed E-state index contributed by atoms with van der Waals surface area (Å²) in [6.07, 6.45) is 0. The van der Waals surface area contributed by atoms with Gasteiger partial charge in [-0.25, -0.2) is 0 Å². The SMILES string of the molecule is COc1cc(C(=O)Nc2ccccc2C(=O)NNC(=O)c2ccccc2)cc(OC)c1OC. The monoisotopic (exact) mass is 449 g/mol. The number of para-hydroxylation sites is 1. The predicted octanol–water partition coefficient (Wildman–Crippen LogP) is 3.04. The highest BCUT2D eigenvalue weighted by Crippen LogP contribution is 2.38. The Morgan fingerprint density at radius 2 is 1.21 bits per heavy atom. The highest BCUT2D eigenvalue weighted by Gasteiger charge is 2.19. The van der Waals surface area contributed by atoms with Crippen molar-refractivity contribution < 1.29 is 28.6 Å².